The minimum absolute atomic E-state index is 0.00552. The first-order chi connectivity index (χ1) is 28.7. The van der Waals surface area contributed by atoms with Crippen LogP contribution in [-0.4, -0.2) is 84.0 Å². The Morgan fingerprint density at radius 1 is 0.932 bits per heavy atom. The molecule has 3 aromatic carbocycles. The Kier molecular flexibility index (Phi) is 11.5. The topological polar surface area (TPSA) is 183 Å². The SMILES string of the molecule is Nc1ncnc2c1c(-c1ccc(Oc3ccccc3)cc1)nn2C1=CCCN(C(=O)CCCCCCCSc2cc(F)cc3c2C(=O)N(C2CCC(=O)NC2=O)C3=O)C1. The highest BCUT2D eigenvalue weighted by Gasteiger charge is 2.46. The first-order valence-corrected chi connectivity index (χ1v) is 20.6. The van der Waals surface area contributed by atoms with Gasteiger partial charge in [-0.3, -0.25) is 34.2 Å². The van der Waals surface area contributed by atoms with E-state index in [1.807, 2.05) is 59.5 Å². The van der Waals surface area contributed by atoms with Crippen LogP contribution in [0, 0.1) is 5.82 Å². The molecule has 8 rings (SSSR count). The lowest BCUT2D eigenvalue weighted by molar-refractivity contribution is -0.136. The molecule has 0 spiro atoms. The third-order valence-corrected chi connectivity index (χ3v) is 11.7. The summed E-state index contributed by atoms with van der Waals surface area (Å²) < 4.78 is 22.3. The van der Waals surface area contributed by atoms with Crippen LogP contribution in [0.5, 0.6) is 11.5 Å². The number of imide groups is 2. The molecule has 1 unspecified atom stereocenters. The second-order valence-electron chi connectivity index (χ2n) is 14.6. The summed E-state index contributed by atoms with van der Waals surface area (Å²) in [5.74, 6) is -0.816. The van der Waals surface area contributed by atoms with Crippen molar-refractivity contribution in [1.82, 2.24) is 34.9 Å². The van der Waals surface area contributed by atoms with Gasteiger partial charge in [0.05, 0.1) is 28.8 Å². The number of carbonyl (C=O) groups is 5. The Hall–Kier alpha value is -6.42. The van der Waals surface area contributed by atoms with Crippen LogP contribution in [0.3, 0.4) is 0 Å². The van der Waals surface area contributed by atoms with E-state index < -0.39 is 35.5 Å². The van der Waals surface area contributed by atoms with Gasteiger partial charge in [-0.15, -0.1) is 11.8 Å². The van der Waals surface area contributed by atoms with Crippen LogP contribution in [0.15, 0.2) is 84.0 Å². The number of hydrogen-bond donors (Lipinski definition) is 2. The zero-order valence-corrected chi connectivity index (χ0v) is 32.9. The summed E-state index contributed by atoms with van der Waals surface area (Å²) in [6, 6.07) is 18.3. The number of unbranched alkanes of at least 4 members (excludes halogenated alkanes) is 4. The number of nitrogens with one attached hydrogen (secondary N) is 1. The molecule has 0 radical (unpaired) electrons. The number of para-hydroxylation sites is 1. The monoisotopic (exact) mass is 816 g/mol. The van der Waals surface area contributed by atoms with Gasteiger partial charge in [-0.1, -0.05) is 43.5 Å². The number of anilines is 1. The first-order valence-electron chi connectivity index (χ1n) is 19.6. The molecule has 1 atom stereocenters. The molecule has 59 heavy (non-hydrogen) atoms. The van der Waals surface area contributed by atoms with Crippen molar-refractivity contribution in [3.63, 3.8) is 0 Å². The van der Waals surface area contributed by atoms with Gasteiger partial charge in [-0.05, 0) is 80.0 Å². The smallest absolute Gasteiger partial charge is 0.263 e. The van der Waals surface area contributed by atoms with Gasteiger partial charge in [0.15, 0.2) is 5.65 Å². The van der Waals surface area contributed by atoms with E-state index in [2.05, 4.69) is 21.4 Å². The lowest BCUT2D eigenvalue weighted by atomic mass is 10.0. The van der Waals surface area contributed by atoms with Gasteiger partial charge < -0.3 is 15.4 Å². The molecule has 3 aliphatic rings. The molecule has 5 aromatic rings. The molecule has 0 aliphatic carbocycles. The molecular weight excluding hydrogens is 776 g/mol. The number of carbonyl (C=O) groups excluding carboxylic acids is 5. The van der Waals surface area contributed by atoms with E-state index in [1.165, 1.54) is 24.2 Å². The van der Waals surface area contributed by atoms with Gasteiger partial charge in [0, 0.05) is 29.8 Å². The van der Waals surface area contributed by atoms with E-state index >= 15 is 0 Å². The fourth-order valence-corrected chi connectivity index (χ4v) is 8.77. The number of halogens is 1. The summed E-state index contributed by atoms with van der Waals surface area (Å²) >= 11 is 1.30. The summed E-state index contributed by atoms with van der Waals surface area (Å²) in [5.41, 5.74) is 9.25. The number of nitrogens with two attached hydrogens (primary N) is 1. The second-order valence-corrected chi connectivity index (χ2v) is 15.7. The third-order valence-electron chi connectivity index (χ3n) is 10.6. The highest BCUT2D eigenvalue weighted by Crippen LogP contribution is 2.37. The number of hydrogen-bond acceptors (Lipinski definition) is 11. The van der Waals surface area contributed by atoms with Crippen molar-refractivity contribution < 1.29 is 33.1 Å². The van der Waals surface area contributed by atoms with Gasteiger partial charge in [0.1, 0.15) is 41.2 Å². The standard InChI is InChI=1S/C43H41FN8O6S/c44-27-22-31-36(43(57)51(42(31)56)32-18-19-34(53)48-41(32)55)33(23-27)59-21-8-3-1-2-7-13-35(54)50-20-9-10-28(24-50)52-40-37(39(45)46-25-47-40)38(49-52)26-14-16-30(17-15-26)58-29-11-5-4-6-12-29/h4-6,10-12,14-17,22-23,25,32H,1-3,7-9,13,18-21,24H2,(H2,45,46,47)(H,48,53,55). The van der Waals surface area contributed by atoms with Crippen LogP contribution in [0.1, 0.15) is 78.5 Å². The van der Waals surface area contributed by atoms with Crippen LogP contribution in [0.25, 0.3) is 28.0 Å². The zero-order valence-electron chi connectivity index (χ0n) is 32.1. The predicted molar refractivity (Wildman–Crippen MR) is 219 cm³/mol. The summed E-state index contributed by atoms with van der Waals surface area (Å²) in [4.78, 5) is 75.7. The molecule has 3 N–H and O–H groups in total. The van der Waals surface area contributed by atoms with Crippen LogP contribution in [0.4, 0.5) is 10.2 Å². The maximum Gasteiger partial charge on any atom is 0.263 e. The quantitative estimate of drug-likeness (QED) is 0.0699. The fourth-order valence-electron chi connectivity index (χ4n) is 7.66. The zero-order chi connectivity index (χ0) is 41.0. The molecule has 1 fully saturated rings. The van der Waals surface area contributed by atoms with Crippen molar-refractivity contribution in [2.24, 2.45) is 0 Å². The average Bonchev–Trinajstić information content (AvgIpc) is 3.75. The van der Waals surface area contributed by atoms with Gasteiger partial charge in [0.2, 0.25) is 17.7 Å². The lowest BCUT2D eigenvalue weighted by Gasteiger charge is -2.27. The number of nitrogens with zero attached hydrogens (tertiary/aromatic N) is 6. The third kappa shape index (κ3) is 8.30. The van der Waals surface area contributed by atoms with Gasteiger partial charge in [-0.2, -0.15) is 5.10 Å². The molecule has 1 saturated heterocycles. The van der Waals surface area contributed by atoms with Crippen molar-refractivity contribution in [3.05, 3.63) is 96.1 Å². The number of piperidine rings is 1. The number of aromatic nitrogens is 4. The van der Waals surface area contributed by atoms with Gasteiger partial charge in [-0.25, -0.2) is 19.0 Å². The lowest BCUT2D eigenvalue weighted by Crippen LogP contribution is -2.54. The minimum Gasteiger partial charge on any atom is -0.457 e. The minimum atomic E-state index is -1.11. The Morgan fingerprint density at radius 2 is 1.69 bits per heavy atom. The number of benzene rings is 3. The summed E-state index contributed by atoms with van der Waals surface area (Å²) in [6.45, 7) is 0.984. The van der Waals surface area contributed by atoms with Crippen LogP contribution in [-0.2, 0) is 14.4 Å². The van der Waals surface area contributed by atoms with Crippen molar-refractivity contribution in [2.75, 3.05) is 24.6 Å². The van der Waals surface area contributed by atoms with E-state index in [1.54, 1.807) is 4.68 Å². The van der Waals surface area contributed by atoms with E-state index in [0.29, 0.717) is 64.9 Å². The molecule has 0 saturated carbocycles. The number of rotatable bonds is 14. The van der Waals surface area contributed by atoms with Crippen LogP contribution >= 0.6 is 11.8 Å². The maximum absolute atomic E-state index is 14.6. The van der Waals surface area contributed by atoms with Gasteiger partial charge in [0.25, 0.3) is 11.8 Å². The van der Waals surface area contributed by atoms with Crippen molar-refractivity contribution in [2.45, 2.75) is 68.7 Å². The van der Waals surface area contributed by atoms with Crippen LogP contribution in [0.2, 0.25) is 0 Å². The summed E-state index contributed by atoms with van der Waals surface area (Å²) in [5, 5.41) is 7.75. The van der Waals surface area contributed by atoms with Crippen molar-refractivity contribution in [1.29, 1.82) is 0 Å². The van der Waals surface area contributed by atoms with E-state index in [0.717, 1.165) is 60.1 Å². The molecule has 5 amide bonds. The van der Waals surface area contributed by atoms with E-state index in [9.17, 15) is 28.4 Å². The number of nitrogen functional groups attached to an aromatic ring is 1. The number of ether oxygens (including phenoxy) is 1. The molecule has 2 aromatic heterocycles. The molecular formula is C43H41FN8O6S. The highest BCUT2D eigenvalue weighted by atomic mass is 32.2. The number of fused-ring (bicyclic) bond motifs is 2. The number of amides is 5. The van der Waals surface area contributed by atoms with E-state index in [4.69, 9.17) is 15.6 Å². The fraction of sp³-hybridized carbons (Fsp3) is 0.302. The van der Waals surface area contributed by atoms with Crippen LogP contribution < -0.4 is 15.8 Å². The highest BCUT2D eigenvalue weighted by molar-refractivity contribution is 7.99. The Morgan fingerprint density at radius 3 is 2.49 bits per heavy atom. The van der Waals surface area contributed by atoms with E-state index in [-0.39, 0.29) is 29.9 Å². The van der Waals surface area contributed by atoms with Crippen molar-refractivity contribution in [3.8, 4) is 22.8 Å². The molecule has 5 heterocycles. The molecule has 14 nitrogen and oxygen atoms in total. The normalized spacial score (nSPS) is 16.7. The van der Waals surface area contributed by atoms with Gasteiger partial charge >= 0.3 is 0 Å². The average molecular weight is 817 g/mol. The van der Waals surface area contributed by atoms with Crippen molar-refractivity contribution >= 4 is 63.8 Å². The second kappa shape index (κ2) is 17.2. The molecule has 16 heteroatoms. The largest absolute Gasteiger partial charge is 0.457 e. The Bertz CT molecular complexity index is 2490. The Balaban J connectivity index is 0.816. The Labute approximate surface area is 343 Å². The predicted octanol–water partition coefficient (Wildman–Crippen LogP) is 6.61. The molecule has 0 bridgehead atoms. The molecule has 302 valence electrons. The number of thioether (sulfide) groups is 1. The maximum atomic E-state index is 14.6. The summed E-state index contributed by atoms with van der Waals surface area (Å²) in [7, 11) is 0. The molecule has 3 aliphatic heterocycles. The summed E-state index contributed by atoms with van der Waals surface area (Å²) in [6.07, 6.45) is 8.74. The first kappa shape index (κ1) is 39.4.